The van der Waals surface area contributed by atoms with E-state index in [0.717, 1.165) is 23.2 Å². The van der Waals surface area contributed by atoms with Gasteiger partial charge in [0, 0.05) is 17.7 Å². The van der Waals surface area contributed by atoms with Gasteiger partial charge in [-0.3, -0.25) is 14.3 Å². The number of pyridine rings is 1. The molecule has 0 spiro atoms. The fourth-order valence-electron chi connectivity index (χ4n) is 3.48. The van der Waals surface area contributed by atoms with Gasteiger partial charge in [-0.2, -0.15) is 8.42 Å². The van der Waals surface area contributed by atoms with Crippen molar-refractivity contribution in [2.45, 2.75) is 33.3 Å². The number of ether oxygens (including phenoxy) is 1. The third kappa shape index (κ3) is 7.67. The molecule has 2 aromatic carbocycles. The number of hydrogen-bond donors (Lipinski definition) is 2. The van der Waals surface area contributed by atoms with E-state index in [1.807, 2.05) is 19.1 Å². The summed E-state index contributed by atoms with van der Waals surface area (Å²) in [6, 6.07) is 19.1. The van der Waals surface area contributed by atoms with Crippen LogP contribution in [0.25, 0.3) is 11.3 Å². The molecule has 1 amide bonds. The van der Waals surface area contributed by atoms with Crippen LogP contribution in [0.3, 0.4) is 0 Å². The fraction of sp³-hybridized carbons (Fsp3) is 0.308. The molecule has 0 radical (unpaired) electrons. The quantitative estimate of drug-likeness (QED) is 0.406. The summed E-state index contributed by atoms with van der Waals surface area (Å²) in [5, 5.41) is 2.46. The van der Waals surface area contributed by atoms with Crippen LogP contribution in [0.4, 0.5) is 0 Å². The summed E-state index contributed by atoms with van der Waals surface area (Å²) in [4.78, 5) is 16.6. The van der Waals surface area contributed by atoms with Gasteiger partial charge < -0.3 is 10.1 Å². The van der Waals surface area contributed by atoms with Crippen LogP contribution in [0.2, 0.25) is 0 Å². The second-order valence-corrected chi connectivity index (χ2v) is 10.2. The summed E-state index contributed by atoms with van der Waals surface area (Å²) in [6.45, 7) is 6.15. The van der Waals surface area contributed by atoms with Crippen LogP contribution in [-0.2, 0) is 16.5 Å². The Balaban J connectivity index is 1.57. The molecule has 0 fully saturated rings. The maximum Gasteiger partial charge on any atom is 0.266 e. The molecule has 180 valence electrons. The van der Waals surface area contributed by atoms with Gasteiger partial charge in [0.25, 0.3) is 16.0 Å². The Morgan fingerprint density at radius 1 is 1.00 bits per heavy atom. The molecular weight excluding hydrogens is 452 g/mol. The SMILES string of the molecule is CC(C)Cc1ccc(-c2ccc(OC(C)c3ccc(C(=O)NCCS(=O)(=O)O)cc3)cn2)cc1. The number of nitrogens with zero attached hydrogens (tertiary/aromatic N) is 1. The molecule has 0 aliphatic rings. The van der Waals surface area contributed by atoms with E-state index < -0.39 is 21.8 Å². The Morgan fingerprint density at radius 2 is 1.68 bits per heavy atom. The molecule has 1 atom stereocenters. The maximum absolute atomic E-state index is 12.1. The van der Waals surface area contributed by atoms with Crippen molar-refractivity contribution in [1.29, 1.82) is 0 Å². The van der Waals surface area contributed by atoms with E-state index in [0.29, 0.717) is 17.2 Å². The van der Waals surface area contributed by atoms with Crippen molar-refractivity contribution in [2.75, 3.05) is 12.3 Å². The summed E-state index contributed by atoms with van der Waals surface area (Å²) < 4.78 is 36.2. The van der Waals surface area contributed by atoms with E-state index in [9.17, 15) is 13.2 Å². The van der Waals surface area contributed by atoms with Gasteiger partial charge in [-0.1, -0.05) is 50.2 Å². The Hall–Kier alpha value is -3.23. The number of amides is 1. The molecule has 1 heterocycles. The second kappa shape index (κ2) is 11.3. The molecule has 1 unspecified atom stereocenters. The monoisotopic (exact) mass is 482 g/mol. The topological polar surface area (TPSA) is 106 Å². The van der Waals surface area contributed by atoms with E-state index in [1.165, 1.54) is 5.56 Å². The fourth-order valence-corrected chi connectivity index (χ4v) is 3.84. The Bertz CT molecular complexity index is 1190. The number of rotatable bonds is 10. The Kier molecular flexibility index (Phi) is 8.41. The van der Waals surface area contributed by atoms with Gasteiger partial charge in [-0.25, -0.2) is 0 Å². The number of carbonyl (C=O) groups is 1. The van der Waals surface area contributed by atoms with Crippen LogP contribution in [0.1, 0.15) is 48.4 Å². The number of nitrogens with one attached hydrogen (secondary N) is 1. The molecule has 34 heavy (non-hydrogen) atoms. The van der Waals surface area contributed by atoms with Gasteiger partial charge in [0.1, 0.15) is 11.9 Å². The summed E-state index contributed by atoms with van der Waals surface area (Å²) in [6.07, 6.45) is 2.49. The molecule has 1 aromatic heterocycles. The zero-order valence-corrected chi connectivity index (χ0v) is 20.4. The zero-order valence-electron chi connectivity index (χ0n) is 19.6. The van der Waals surface area contributed by atoms with E-state index >= 15 is 0 Å². The van der Waals surface area contributed by atoms with Crippen molar-refractivity contribution in [2.24, 2.45) is 5.92 Å². The number of benzene rings is 2. The predicted octanol–water partition coefficient (Wildman–Crippen LogP) is 4.70. The lowest BCUT2D eigenvalue weighted by molar-refractivity contribution is 0.0956. The van der Waals surface area contributed by atoms with Crippen molar-refractivity contribution in [1.82, 2.24) is 10.3 Å². The number of hydrogen-bond acceptors (Lipinski definition) is 5. The van der Waals surface area contributed by atoms with E-state index in [2.05, 4.69) is 48.4 Å². The molecule has 7 nitrogen and oxygen atoms in total. The lowest BCUT2D eigenvalue weighted by Crippen LogP contribution is -2.28. The summed E-state index contributed by atoms with van der Waals surface area (Å²) in [5.74, 6) is 0.312. The molecule has 0 saturated heterocycles. The summed E-state index contributed by atoms with van der Waals surface area (Å²) >= 11 is 0. The number of aromatic nitrogens is 1. The molecule has 8 heteroatoms. The zero-order chi connectivity index (χ0) is 24.7. The Labute approximate surface area is 201 Å². The maximum atomic E-state index is 12.1. The first kappa shape index (κ1) is 25.4. The van der Waals surface area contributed by atoms with Gasteiger partial charge in [0.15, 0.2) is 0 Å². The first-order chi connectivity index (χ1) is 16.1. The highest BCUT2D eigenvalue weighted by atomic mass is 32.2. The van der Waals surface area contributed by atoms with Crippen molar-refractivity contribution in [3.63, 3.8) is 0 Å². The van der Waals surface area contributed by atoms with Crippen LogP contribution >= 0.6 is 0 Å². The van der Waals surface area contributed by atoms with Crippen molar-refractivity contribution < 1.29 is 22.5 Å². The summed E-state index contributed by atoms with van der Waals surface area (Å²) in [5.41, 5.74) is 4.50. The average Bonchev–Trinajstić information content (AvgIpc) is 2.79. The first-order valence-electron chi connectivity index (χ1n) is 11.2. The third-order valence-electron chi connectivity index (χ3n) is 5.23. The highest BCUT2D eigenvalue weighted by Gasteiger charge is 2.12. The lowest BCUT2D eigenvalue weighted by Gasteiger charge is -2.15. The minimum atomic E-state index is -4.11. The van der Waals surface area contributed by atoms with Crippen LogP contribution in [0, 0.1) is 5.92 Å². The average molecular weight is 483 g/mol. The smallest absolute Gasteiger partial charge is 0.266 e. The largest absolute Gasteiger partial charge is 0.484 e. The molecule has 0 aliphatic carbocycles. The van der Waals surface area contributed by atoms with E-state index in [-0.39, 0.29) is 12.6 Å². The second-order valence-electron chi connectivity index (χ2n) is 8.60. The normalized spacial score (nSPS) is 12.4. The van der Waals surface area contributed by atoms with Gasteiger partial charge in [-0.05, 0) is 54.7 Å². The van der Waals surface area contributed by atoms with Crippen LogP contribution in [0.15, 0.2) is 66.9 Å². The third-order valence-corrected chi connectivity index (χ3v) is 5.95. The van der Waals surface area contributed by atoms with Crippen molar-refractivity contribution in [3.8, 4) is 17.0 Å². The lowest BCUT2D eigenvalue weighted by atomic mass is 10.0. The molecule has 3 rings (SSSR count). The number of carbonyl (C=O) groups excluding carboxylic acids is 1. The standard InChI is InChI=1S/C26H30N2O5S/c1-18(2)16-20-4-6-22(7-5-20)25-13-12-24(17-28-25)33-19(3)21-8-10-23(11-9-21)26(29)27-14-15-34(30,31)32/h4-13,17-19H,14-16H2,1-3H3,(H,27,29)(H,30,31,32). The van der Waals surface area contributed by atoms with Crippen LogP contribution in [-0.4, -0.2) is 36.2 Å². The van der Waals surface area contributed by atoms with Gasteiger partial charge in [0.2, 0.25) is 0 Å². The van der Waals surface area contributed by atoms with Crippen LogP contribution < -0.4 is 10.1 Å². The van der Waals surface area contributed by atoms with Crippen LogP contribution in [0.5, 0.6) is 5.75 Å². The van der Waals surface area contributed by atoms with Gasteiger partial charge in [0.05, 0.1) is 17.6 Å². The molecule has 0 aliphatic heterocycles. The highest BCUT2D eigenvalue weighted by molar-refractivity contribution is 7.85. The Morgan fingerprint density at radius 3 is 2.24 bits per heavy atom. The molecule has 2 N–H and O–H groups in total. The molecule has 0 bridgehead atoms. The minimum absolute atomic E-state index is 0.163. The van der Waals surface area contributed by atoms with Crippen molar-refractivity contribution in [3.05, 3.63) is 83.6 Å². The van der Waals surface area contributed by atoms with E-state index in [1.54, 1.807) is 30.5 Å². The van der Waals surface area contributed by atoms with Crippen molar-refractivity contribution >= 4 is 16.0 Å². The highest BCUT2D eigenvalue weighted by Crippen LogP contribution is 2.25. The molecular formula is C26H30N2O5S. The van der Waals surface area contributed by atoms with Gasteiger partial charge >= 0.3 is 0 Å². The summed E-state index contributed by atoms with van der Waals surface area (Å²) in [7, 11) is -4.11. The molecule has 3 aromatic rings. The predicted molar refractivity (Wildman–Crippen MR) is 132 cm³/mol. The minimum Gasteiger partial charge on any atom is -0.484 e. The molecule has 0 saturated carbocycles. The van der Waals surface area contributed by atoms with E-state index in [4.69, 9.17) is 9.29 Å². The first-order valence-corrected chi connectivity index (χ1v) is 12.8. The van der Waals surface area contributed by atoms with Gasteiger partial charge in [-0.15, -0.1) is 0 Å².